The molecule has 4 N–H and O–H groups in total. The first-order chi connectivity index (χ1) is 5.65. The Kier molecular flexibility index (Phi) is 2.11. The highest BCUT2D eigenvalue weighted by molar-refractivity contribution is 5.68. The van der Waals surface area contributed by atoms with Gasteiger partial charge in [0.1, 0.15) is 0 Å². The van der Waals surface area contributed by atoms with Gasteiger partial charge in [-0.25, -0.2) is 0 Å². The summed E-state index contributed by atoms with van der Waals surface area (Å²) in [6, 6.07) is 3.75. The van der Waals surface area contributed by atoms with Gasteiger partial charge >= 0.3 is 0 Å². The summed E-state index contributed by atoms with van der Waals surface area (Å²) in [5.41, 5.74) is 7.37. The fourth-order valence-corrected chi connectivity index (χ4v) is 0.755. The number of anilines is 2. The Hall–Kier alpha value is -1.82. The lowest BCUT2D eigenvalue weighted by atomic mass is 10.2. The van der Waals surface area contributed by atoms with E-state index < -0.39 is 4.92 Å². The lowest BCUT2D eigenvalue weighted by Gasteiger charge is -2.01. The van der Waals surface area contributed by atoms with Gasteiger partial charge in [0.15, 0.2) is 0 Å². The van der Waals surface area contributed by atoms with Gasteiger partial charge in [0.05, 0.1) is 16.3 Å². The van der Waals surface area contributed by atoms with Crippen LogP contribution in [-0.2, 0) is 0 Å². The van der Waals surface area contributed by atoms with Crippen LogP contribution in [0.5, 0.6) is 0 Å². The first-order valence-corrected chi connectivity index (χ1v) is 3.09. The van der Waals surface area contributed by atoms with Crippen molar-refractivity contribution in [2.24, 2.45) is 0 Å². The average Bonchev–Trinajstić information content (AvgIpc) is 2.05. The molecule has 0 atom stereocenters. The van der Waals surface area contributed by atoms with Crippen LogP contribution in [0.25, 0.3) is 0 Å². The zero-order chi connectivity index (χ0) is 9.14. The Bertz CT molecular complexity index is 313. The number of nitro benzene ring substituents is 1. The molecule has 0 aromatic heterocycles. The van der Waals surface area contributed by atoms with Crippen molar-refractivity contribution in [2.75, 3.05) is 11.2 Å². The molecule has 0 spiro atoms. The van der Waals surface area contributed by atoms with Gasteiger partial charge in [0.2, 0.25) is 0 Å². The van der Waals surface area contributed by atoms with Gasteiger partial charge in [0.25, 0.3) is 5.69 Å². The van der Waals surface area contributed by atoms with Crippen molar-refractivity contribution >= 4 is 17.1 Å². The molecule has 6 heteroatoms. The fourth-order valence-electron chi connectivity index (χ4n) is 0.755. The molecule has 1 aromatic carbocycles. The van der Waals surface area contributed by atoms with Crippen molar-refractivity contribution in [3.63, 3.8) is 0 Å². The Morgan fingerprint density at radius 1 is 1.58 bits per heavy atom. The molecule has 0 aliphatic carbocycles. The molecule has 0 aliphatic rings. The highest BCUT2D eigenvalue weighted by Gasteiger charge is 2.07. The third kappa shape index (κ3) is 1.43. The zero-order valence-corrected chi connectivity index (χ0v) is 6.02. The maximum atomic E-state index is 10.2. The summed E-state index contributed by atoms with van der Waals surface area (Å²) in [6.45, 7) is 0. The minimum absolute atomic E-state index is 0.124. The normalized spacial score (nSPS) is 9.42. The second-order valence-electron chi connectivity index (χ2n) is 2.14. The molecule has 0 heterocycles. The molecule has 0 saturated carbocycles. The molecule has 0 radical (unpaired) electrons. The van der Waals surface area contributed by atoms with E-state index >= 15 is 0 Å². The molecule has 0 saturated heterocycles. The van der Waals surface area contributed by atoms with Crippen LogP contribution in [-0.4, -0.2) is 10.1 Å². The molecule has 1 rings (SSSR count). The number of nitrogens with two attached hydrogens (primary N) is 1. The van der Waals surface area contributed by atoms with Crippen molar-refractivity contribution in [3.05, 3.63) is 28.3 Å². The number of non-ortho nitro benzene ring substituents is 1. The molecule has 0 fully saturated rings. The van der Waals surface area contributed by atoms with Crippen LogP contribution in [0.4, 0.5) is 17.1 Å². The third-order valence-electron chi connectivity index (χ3n) is 1.37. The molecular weight excluding hydrogens is 162 g/mol. The highest BCUT2D eigenvalue weighted by Crippen LogP contribution is 2.23. The summed E-state index contributed by atoms with van der Waals surface area (Å²) in [4.78, 5) is 9.67. The minimum Gasteiger partial charge on any atom is -0.397 e. The van der Waals surface area contributed by atoms with E-state index in [4.69, 9.17) is 10.9 Å². The lowest BCUT2D eigenvalue weighted by Crippen LogP contribution is -1.97. The number of nitrogens with one attached hydrogen (secondary N) is 1. The van der Waals surface area contributed by atoms with E-state index in [-0.39, 0.29) is 17.1 Å². The Labute approximate surface area is 67.7 Å². The molecule has 64 valence electrons. The van der Waals surface area contributed by atoms with Crippen LogP contribution in [0.3, 0.4) is 0 Å². The van der Waals surface area contributed by atoms with E-state index in [1.807, 2.05) is 0 Å². The van der Waals surface area contributed by atoms with Crippen LogP contribution in [0.15, 0.2) is 18.2 Å². The number of benzene rings is 1. The highest BCUT2D eigenvalue weighted by atomic mass is 16.6. The van der Waals surface area contributed by atoms with E-state index in [1.165, 1.54) is 12.1 Å². The lowest BCUT2D eigenvalue weighted by molar-refractivity contribution is -0.384. The summed E-state index contributed by atoms with van der Waals surface area (Å²) in [6.07, 6.45) is 0. The van der Waals surface area contributed by atoms with Crippen LogP contribution < -0.4 is 11.2 Å². The predicted octanol–water partition coefficient (Wildman–Crippen LogP) is 0.978. The molecule has 0 aliphatic heterocycles. The number of nitrogen functional groups attached to an aromatic ring is 1. The van der Waals surface area contributed by atoms with Crippen LogP contribution in [0, 0.1) is 10.1 Å². The number of rotatable bonds is 2. The molecule has 6 nitrogen and oxygen atoms in total. The predicted molar refractivity (Wildman–Crippen MR) is 42.9 cm³/mol. The van der Waals surface area contributed by atoms with Crippen molar-refractivity contribution in [1.82, 2.24) is 0 Å². The van der Waals surface area contributed by atoms with Crippen molar-refractivity contribution < 1.29 is 10.1 Å². The topological polar surface area (TPSA) is 101 Å². The first-order valence-electron chi connectivity index (χ1n) is 3.09. The number of nitrogens with zero attached hydrogens (tertiary/aromatic N) is 1. The Morgan fingerprint density at radius 3 is 2.75 bits per heavy atom. The second kappa shape index (κ2) is 3.05. The van der Waals surface area contributed by atoms with Crippen molar-refractivity contribution in [2.45, 2.75) is 0 Å². The maximum absolute atomic E-state index is 10.2. The third-order valence-corrected chi connectivity index (χ3v) is 1.37. The minimum atomic E-state index is -0.569. The quantitative estimate of drug-likeness (QED) is 0.348. The van der Waals surface area contributed by atoms with Gasteiger partial charge in [-0.2, -0.15) is 0 Å². The molecule has 0 bridgehead atoms. The van der Waals surface area contributed by atoms with Crippen LogP contribution in [0.1, 0.15) is 0 Å². The summed E-state index contributed by atoms with van der Waals surface area (Å²) < 4.78 is 0. The van der Waals surface area contributed by atoms with Crippen LogP contribution in [0.2, 0.25) is 0 Å². The van der Waals surface area contributed by atoms with Gasteiger partial charge in [-0.15, -0.1) is 0 Å². The summed E-state index contributed by atoms with van der Waals surface area (Å²) in [5, 5.41) is 18.7. The molecule has 12 heavy (non-hydrogen) atoms. The standard InChI is InChI=1S/C6H7N3O3/c7-5-2-1-4(9(11)12)3-6(5)8-10/h1-3,8,10H,7H2. The molecular formula is C6H7N3O3. The number of hydrogen-bond acceptors (Lipinski definition) is 5. The van der Waals surface area contributed by atoms with Gasteiger partial charge in [0, 0.05) is 12.1 Å². The number of nitro groups is 1. The van der Waals surface area contributed by atoms with Crippen LogP contribution >= 0.6 is 0 Å². The van der Waals surface area contributed by atoms with E-state index in [9.17, 15) is 10.1 Å². The SMILES string of the molecule is Nc1ccc([N+](=O)[O-])cc1NO. The maximum Gasteiger partial charge on any atom is 0.271 e. The second-order valence-corrected chi connectivity index (χ2v) is 2.14. The van der Waals surface area contributed by atoms with Crippen molar-refractivity contribution in [1.29, 1.82) is 0 Å². The summed E-state index contributed by atoms with van der Waals surface area (Å²) >= 11 is 0. The summed E-state index contributed by atoms with van der Waals surface area (Å²) in [5.74, 6) is 0. The molecule has 1 aromatic rings. The van der Waals surface area contributed by atoms with E-state index in [0.29, 0.717) is 0 Å². The first kappa shape index (κ1) is 8.28. The van der Waals surface area contributed by atoms with Crippen molar-refractivity contribution in [3.8, 4) is 0 Å². The smallest absolute Gasteiger partial charge is 0.271 e. The molecule has 0 unspecified atom stereocenters. The monoisotopic (exact) mass is 169 g/mol. The summed E-state index contributed by atoms with van der Waals surface area (Å²) in [7, 11) is 0. The Balaban J connectivity index is 3.13. The fraction of sp³-hybridized carbons (Fsp3) is 0. The number of hydrogen-bond donors (Lipinski definition) is 3. The Morgan fingerprint density at radius 2 is 2.25 bits per heavy atom. The largest absolute Gasteiger partial charge is 0.397 e. The van der Waals surface area contributed by atoms with Gasteiger partial charge in [-0.05, 0) is 6.07 Å². The zero-order valence-electron chi connectivity index (χ0n) is 6.02. The van der Waals surface area contributed by atoms with E-state index in [2.05, 4.69) is 0 Å². The molecule has 0 amide bonds. The van der Waals surface area contributed by atoms with E-state index in [0.717, 1.165) is 6.07 Å². The average molecular weight is 169 g/mol. The van der Waals surface area contributed by atoms with Gasteiger partial charge < -0.3 is 5.73 Å². The van der Waals surface area contributed by atoms with Gasteiger partial charge in [-0.3, -0.25) is 20.8 Å². The van der Waals surface area contributed by atoms with Gasteiger partial charge in [-0.1, -0.05) is 0 Å². The van der Waals surface area contributed by atoms with E-state index in [1.54, 1.807) is 5.48 Å².